The zero-order chi connectivity index (χ0) is 12.3. The summed E-state index contributed by atoms with van der Waals surface area (Å²) in [6.07, 6.45) is 6.73. The van der Waals surface area contributed by atoms with Crippen LogP contribution in [-0.2, 0) is 0 Å². The third kappa shape index (κ3) is 7.32. The van der Waals surface area contributed by atoms with E-state index in [2.05, 4.69) is 35.8 Å². The van der Waals surface area contributed by atoms with E-state index in [0.717, 1.165) is 6.04 Å². The molecule has 17 heavy (non-hydrogen) atoms. The first kappa shape index (κ1) is 15.3. The maximum Gasteiger partial charge on any atom is 0.00914 e. The largest absolute Gasteiger partial charge is 0.314 e. The predicted molar refractivity (Wildman–Crippen MR) is 80.0 cm³/mol. The van der Waals surface area contributed by atoms with E-state index in [0.29, 0.717) is 0 Å². The summed E-state index contributed by atoms with van der Waals surface area (Å²) < 4.78 is 0. The molecule has 0 spiro atoms. The summed E-state index contributed by atoms with van der Waals surface area (Å²) in [4.78, 5) is 2.63. The standard InChI is InChI=1S/C14H30N2S/c1-3-5-10-16-11-7-14(8-12-16)15-9-6-13-17-4-2/h14-15H,3-13H2,1-2H3. The Morgan fingerprint density at radius 3 is 2.59 bits per heavy atom. The Hall–Kier alpha value is 0.270. The van der Waals surface area contributed by atoms with Crippen LogP contribution < -0.4 is 5.32 Å². The van der Waals surface area contributed by atoms with Gasteiger partial charge in [-0.05, 0) is 63.4 Å². The smallest absolute Gasteiger partial charge is 0.00914 e. The molecule has 1 saturated heterocycles. The number of hydrogen-bond donors (Lipinski definition) is 1. The van der Waals surface area contributed by atoms with E-state index >= 15 is 0 Å². The molecular weight excluding hydrogens is 228 g/mol. The monoisotopic (exact) mass is 258 g/mol. The summed E-state index contributed by atoms with van der Waals surface area (Å²) >= 11 is 2.06. The maximum absolute atomic E-state index is 3.72. The number of nitrogens with one attached hydrogen (secondary N) is 1. The summed E-state index contributed by atoms with van der Waals surface area (Å²) in [5.41, 5.74) is 0. The second kappa shape index (κ2) is 10.2. The lowest BCUT2D eigenvalue weighted by Gasteiger charge is -2.32. The van der Waals surface area contributed by atoms with Gasteiger partial charge in [-0.1, -0.05) is 20.3 Å². The summed E-state index contributed by atoms with van der Waals surface area (Å²) in [5.74, 6) is 2.58. The molecule has 3 heteroatoms. The van der Waals surface area contributed by atoms with E-state index in [1.165, 1.54) is 69.8 Å². The highest BCUT2D eigenvalue weighted by Gasteiger charge is 2.17. The molecular formula is C14H30N2S. The molecule has 0 saturated carbocycles. The molecule has 0 amide bonds. The minimum atomic E-state index is 0.791. The minimum absolute atomic E-state index is 0.791. The molecule has 0 aromatic rings. The fourth-order valence-corrected chi connectivity index (χ4v) is 3.00. The van der Waals surface area contributed by atoms with E-state index in [1.807, 2.05) is 0 Å². The van der Waals surface area contributed by atoms with E-state index in [4.69, 9.17) is 0 Å². The Morgan fingerprint density at radius 2 is 1.94 bits per heavy atom. The predicted octanol–water partition coefficient (Wildman–Crippen LogP) is 2.98. The lowest BCUT2D eigenvalue weighted by molar-refractivity contribution is 0.196. The number of rotatable bonds is 9. The van der Waals surface area contributed by atoms with Crippen molar-refractivity contribution in [3.05, 3.63) is 0 Å². The van der Waals surface area contributed by atoms with Crippen molar-refractivity contribution in [3.63, 3.8) is 0 Å². The van der Waals surface area contributed by atoms with Gasteiger partial charge in [0.15, 0.2) is 0 Å². The second-order valence-corrected chi connectivity index (χ2v) is 6.37. The van der Waals surface area contributed by atoms with Crippen molar-refractivity contribution in [1.82, 2.24) is 10.2 Å². The fraction of sp³-hybridized carbons (Fsp3) is 1.00. The van der Waals surface area contributed by atoms with Crippen LogP contribution in [0.15, 0.2) is 0 Å². The minimum Gasteiger partial charge on any atom is -0.314 e. The van der Waals surface area contributed by atoms with Crippen LogP contribution in [0.2, 0.25) is 0 Å². The highest BCUT2D eigenvalue weighted by molar-refractivity contribution is 7.99. The molecule has 102 valence electrons. The number of unbranched alkanes of at least 4 members (excludes halogenated alkanes) is 1. The zero-order valence-corrected chi connectivity index (χ0v) is 12.5. The Balaban J connectivity index is 1.95. The number of piperidine rings is 1. The SMILES string of the molecule is CCCCN1CCC(NCCCSCC)CC1. The summed E-state index contributed by atoms with van der Waals surface area (Å²) in [5, 5.41) is 3.72. The van der Waals surface area contributed by atoms with Gasteiger partial charge in [-0.15, -0.1) is 0 Å². The average molecular weight is 258 g/mol. The van der Waals surface area contributed by atoms with Crippen molar-refractivity contribution in [1.29, 1.82) is 0 Å². The molecule has 0 aromatic carbocycles. The van der Waals surface area contributed by atoms with Crippen LogP contribution in [0.1, 0.15) is 46.0 Å². The van der Waals surface area contributed by atoms with Crippen molar-refractivity contribution in [2.75, 3.05) is 37.7 Å². The Labute approximate surface area is 112 Å². The number of nitrogens with zero attached hydrogens (tertiary/aromatic N) is 1. The van der Waals surface area contributed by atoms with Gasteiger partial charge in [0.2, 0.25) is 0 Å². The third-order valence-corrected chi connectivity index (χ3v) is 4.50. The van der Waals surface area contributed by atoms with Crippen molar-refractivity contribution >= 4 is 11.8 Å². The lowest BCUT2D eigenvalue weighted by atomic mass is 10.0. The van der Waals surface area contributed by atoms with Crippen molar-refractivity contribution in [2.24, 2.45) is 0 Å². The molecule has 0 aliphatic carbocycles. The van der Waals surface area contributed by atoms with Gasteiger partial charge in [-0.25, -0.2) is 0 Å². The fourth-order valence-electron chi connectivity index (χ4n) is 2.37. The first-order valence-electron chi connectivity index (χ1n) is 7.40. The molecule has 0 radical (unpaired) electrons. The average Bonchev–Trinajstić information content (AvgIpc) is 2.37. The molecule has 1 rings (SSSR count). The molecule has 1 heterocycles. The molecule has 0 aromatic heterocycles. The van der Waals surface area contributed by atoms with Gasteiger partial charge in [-0.3, -0.25) is 0 Å². The summed E-state index contributed by atoms with van der Waals surface area (Å²) in [6.45, 7) is 9.67. The van der Waals surface area contributed by atoms with Gasteiger partial charge in [0.05, 0.1) is 0 Å². The molecule has 2 nitrogen and oxygen atoms in total. The zero-order valence-electron chi connectivity index (χ0n) is 11.7. The highest BCUT2D eigenvalue weighted by Crippen LogP contribution is 2.11. The highest BCUT2D eigenvalue weighted by atomic mass is 32.2. The van der Waals surface area contributed by atoms with Gasteiger partial charge in [-0.2, -0.15) is 11.8 Å². The van der Waals surface area contributed by atoms with Crippen LogP contribution in [0.25, 0.3) is 0 Å². The van der Waals surface area contributed by atoms with Gasteiger partial charge in [0.25, 0.3) is 0 Å². The van der Waals surface area contributed by atoms with Gasteiger partial charge < -0.3 is 10.2 Å². The number of thioether (sulfide) groups is 1. The van der Waals surface area contributed by atoms with E-state index < -0.39 is 0 Å². The van der Waals surface area contributed by atoms with Crippen molar-refractivity contribution in [2.45, 2.75) is 52.0 Å². The Morgan fingerprint density at radius 1 is 1.18 bits per heavy atom. The molecule has 1 aliphatic heterocycles. The third-order valence-electron chi connectivity index (χ3n) is 3.52. The second-order valence-electron chi connectivity index (χ2n) is 4.97. The van der Waals surface area contributed by atoms with Crippen LogP contribution in [-0.4, -0.2) is 48.6 Å². The van der Waals surface area contributed by atoms with Crippen LogP contribution in [0.5, 0.6) is 0 Å². The molecule has 1 fully saturated rings. The quantitative estimate of drug-likeness (QED) is 0.640. The molecule has 1 aliphatic rings. The summed E-state index contributed by atoms with van der Waals surface area (Å²) in [6, 6.07) is 0.791. The van der Waals surface area contributed by atoms with E-state index in [9.17, 15) is 0 Å². The Bertz CT molecular complexity index is 165. The topological polar surface area (TPSA) is 15.3 Å². The van der Waals surface area contributed by atoms with Crippen molar-refractivity contribution < 1.29 is 0 Å². The van der Waals surface area contributed by atoms with E-state index in [-0.39, 0.29) is 0 Å². The van der Waals surface area contributed by atoms with Gasteiger partial charge >= 0.3 is 0 Å². The maximum atomic E-state index is 3.72. The van der Waals surface area contributed by atoms with Crippen LogP contribution in [0, 0.1) is 0 Å². The van der Waals surface area contributed by atoms with Crippen LogP contribution >= 0.6 is 11.8 Å². The van der Waals surface area contributed by atoms with E-state index in [1.54, 1.807) is 0 Å². The summed E-state index contributed by atoms with van der Waals surface area (Å²) in [7, 11) is 0. The van der Waals surface area contributed by atoms with Crippen LogP contribution in [0.3, 0.4) is 0 Å². The van der Waals surface area contributed by atoms with Gasteiger partial charge in [0, 0.05) is 6.04 Å². The van der Waals surface area contributed by atoms with Gasteiger partial charge in [0.1, 0.15) is 0 Å². The first-order chi connectivity index (χ1) is 8.36. The molecule has 1 N–H and O–H groups in total. The number of likely N-dealkylation sites (tertiary alicyclic amines) is 1. The van der Waals surface area contributed by atoms with Crippen LogP contribution in [0.4, 0.5) is 0 Å². The lowest BCUT2D eigenvalue weighted by Crippen LogP contribution is -2.43. The molecule has 0 unspecified atom stereocenters. The number of hydrogen-bond acceptors (Lipinski definition) is 3. The van der Waals surface area contributed by atoms with Crippen molar-refractivity contribution in [3.8, 4) is 0 Å². The Kier molecular flexibility index (Phi) is 9.21. The molecule has 0 bridgehead atoms. The molecule has 0 atom stereocenters. The normalized spacial score (nSPS) is 18.7. The first-order valence-corrected chi connectivity index (χ1v) is 8.55.